The summed E-state index contributed by atoms with van der Waals surface area (Å²) in [5, 5.41) is 20.1. The molecule has 0 bridgehead atoms. The molecule has 0 saturated carbocycles. The number of thiazole rings is 1. The van der Waals surface area contributed by atoms with Crippen LogP contribution in [0.5, 0.6) is 0 Å². The molecule has 0 spiro atoms. The fourth-order valence-corrected chi connectivity index (χ4v) is 6.54. The largest absolute Gasteiger partial charge is 0.477 e. The number of amides is 3. The maximum atomic E-state index is 12.9. The molecule has 0 radical (unpaired) electrons. The number of carbonyl (C=O) groups is 5. The number of nitrogens with zero attached hydrogens (tertiary/aromatic N) is 3. The lowest BCUT2D eigenvalue weighted by molar-refractivity contribution is -0.146. The number of carbonyl (C=O) groups excluding carboxylic acids is 4. The summed E-state index contributed by atoms with van der Waals surface area (Å²) in [7, 11) is 1.24. The Labute approximate surface area is 230 Å². The second kappa shape index (κ2) is 11.7. The number of aromatic nitrogens is 1. The predicted molar refractivity (Wildman–Crippen MR) is 140 cm³/mol. The number of β-lactam (4-membered cyclic amide) rings is 1. The van der Waals surface area contributed by atoms with E-state index in [4.69, 9.17) is 4.74 Å². The van der Waals surface area contributed by atoms with Gasteiger partial charge in [-0.05, 0) is 5.56 Å². The van der Waals surface area contributed by atoms with Gasteiger partial charge in [-0.15, -0.1) is 11.3 Å². The molecule has 1 aromatic carbocycles. The molecule has 204 valence electrons. The van der Waals surface area contributed by atoms with Crippen molar-refractivity contribution in [2.24, 2.45) is 5.16 Å². The number of aliphatic carboxylic acids is 1. The van der Waals surface area contributed by atoms with Gasteiger partial charge in [-0.25, -0.2) is 9.78 Å². The normalized spacial score (nSPS) is 20.2. The third-order valence-electron chi connectivity index (χ3n) is 5.69. The highest BCUT2D eigenvalue weighted by atomic mass is 32.2. The van der Waals surface area contributed by atoms with Gasteiger partial charge in [0.15, 0.2) is 10.0 Å². The van der Waals surface area contributed by atoms with Gasteiger partial charge in [0, 0.05) is 17.9 Å². The summed E-state index contributed by atoms with van der Waals surface area (Å²) in [6.45, 7) is 0.582. The van der Waals surface area contributed by atoms with Crippen LogP contribution in [0, 0.1) is 0 Å². The van der Waals surface area contributed by atoms with Crippen molar-refractivity contribution in [3.63, 3.8) is 0 Å². The second-order valence-electron chi connectivity index (χ2n) is 8.29. The highest BCUT2D eigenvalue weighted by molar-refractivity contribution is 8.01. The molecule has 1 aromatic heterocycles. The molecule has 2 atom stereocenters. The minimum absolute atomic E-state index is 0.0108. The molecule has 13 nitrogen and oxygen atoms in total. The number of oxime groups is 1. The van der Waals surface area contributed by atoms with E-state index in [9.17, 15) is 29.1 Å². The van der Waals surface area contributed by atoms with E-state index >= 15 is 0 Å². The third kappa shape index (κ3) is 5.93. The first-order valence-electron chi connectivity index (χ1n) is 11.4. The number of anilines is 1. The number of esters is 1. The van der Waals surface area contributed by atoms with Crippen LogP contribution in [0.4, 0.5) is 5.13 Å². The minimum Gasteiger partial charge on any atom is -0.477 e. The molecule has 2 aromatic rings. The number of hydrogen-bond donors (Lipinski definition) is 3. The molecule has 1 saturated heterocycles. The number of ether oxygens (including phenoxy) is 1. The molecular weight excluding hydrogens is 550 g/mol. The highest BCUT2D eigenvalue weighted by Gasteiger charge is 2.57. The Bertz CT molecular complexity index is 1380. The lowest BCUT2D eigenvalue weighted by Gasteiger charge is -2.51. The molecule has 39 heavy (non-hydrogen) atoms. The number of carboxylic acids is 1. The smallest absolute Gasteiger partial charge is 0.352 e. The number of hydrogen-bond acceptors (Lipinski definition) is 11. The van der Waals surface area contributed by atoms with Crippen molar-refractivity contribution in [2.45, 2.75) is 30.0 Å². The molecule has 1 fully saturated rings. The van der Waals surface area contributed by atoms with Crippen LogP contribution in [0.1, 0.15) is 24.6 Å². The van der Waals surface area contributed by atoms with E-state index in [0.717, 1.165) is 46.7 Å². The van der Waals surface area contributed by atoms with Gasteiger partial charge in [0.2, 0.25) is 11.8 Å². The zero-order valence-corrected chi connectivity index (χ0v) is 22.3. The molecule has 3 amide bonds. The van der Waals surface area contributed by atoms with Crippen LogP contribution in [0.2, 0.25) is 0 Å². The predicted octanol–water partition coefficient (Wildman–Crippen LogP) is 1.43. The minimum atomic E-state index is -1.69. The molecule has 0 aliphatic carbocycles. The first kappa shape index (κ1) is 27.8. The molecular formula is C24H23N5O8S2. The maximum absolute atomic E-state index is 12.9. The van der Waals surface area contributed by atoms with E-state index < -0.39 is 46.3 Å². The van der Waals surface area contributed by atoms with E-state index in [-0.39, 0.29) is 35.1 Å². The SMILES string of the molecule is CON=CC(=O)NC1(c2csc(NC(=O)Cc3ccccc3)n2)S[C@@H]2CC(=O)N2C(C(=O)O)=C1COC(C)=O. The van der Waals surface area contributed by atoms with Crippen LogP contribution in [-0.2, 0) is 44.8 Å². The van der Waals surface area contributed by atoms with Crippen molar-refractivity contribution in [2.75, 3.05) is 19.0 Å². The number of thioether (sulfide) groups is 1. The lowest BCUT2D eigenvalue weighted by atomic mass is 9.97. The van der Waals surface area contributed by atoms with Gasteiger partial charge in [-0.1, -0.05) is 47.2 Å². The summed E-state index contributed by atoms with van der Waals surface area (Å²) in [6.07, 6.45) is 0.954. The summed E-state index contributed by atoms with van der Waals surface area (Å²) in [4.78, 5) is 70.5. The van der Waals surface area contributed by atoms with Crippen molar-refractivity contribution in [1.82, 2.24) is 15.2 Å². The molecule has 2 aliphatic rings. The highest BCUT2D eigenvalue weighted by Crippen LogP contribution is 2.54. The van der Waals surface area contributed by atoms with Crippen molar-refractivity contribution in [3.8, 4) is 0 Å². The first-order valence-corrected chi connectivity index (χ1v) is 13.2. The molecule has 15 heteroatoms. The van der Waals surface area contributed by atoms with Crippen LogP contribution >= 0.6 is 23.1 Å². The molecule has 2 aliphatic heterocycles. The van der Waals surface area contributed by atoms with Crippen molar-refractivity contribution >= 4 is 64.1 Å². The van der Waals surface area contributed by atoms with Crippen LogP contribution in [0.25, 0.3) is 0 Å². The van der Waals surface area contributed by atoms with Gasteiger partial charge in [0.25, 0.3) is 5.91 Å². The van der Waals surface area contributed by atoms with Gasteiger partial charge < -0.3 is 25.3 Å². The maximum Gasteiger partial charge on any atom is 0.352 e. The average Bonchev–Trinajstić information content (AvgIpc) is 3.35. The second-order valence-corrected chi connectivity index (χ2v) is 10.5. The average molecular weight is 574 g/mol. The van der Waals surface area contributed by atoms with Gasteiger partial charge in [0.05, 0.1) is 23.9 Å². The topological polar surface area (TPSA) is 177 Å². The van der Waals surface area contributed by atoms with Crippen LogP contribution in [-0.4, -0.2) is 70.0 Å². The summed E-state index contributed by atoms with van der Waals surface area (Å²) < 4.78 is 5.17. The molecule has 3 N–H and O–H groups in total. The van der Waals surface area contributed by atoms with E-state index in [0.29, 0.717) is 0 Å². The quantitative estimate of drug-likeness (QED) is 0.163. The Morgan fingerprint density at radius 2 is 2.03 bits per heavy atom. The van der Waals surface area contributed by atoms with Gasteiger partial charge >= 0.3 is 11.9 Å². The van der Waals surface area contributed by atoms with Crippen LogP contribution in [0.3, 0.4) is 0 Å². The molecule has 4 rings (SSSR count). The Kier molecular flexibility index (Phi) is 8.30. The summed E-state index contributed by atoms with van der Waals surface area (Å²) in [6, 6.07) is 9.08. The Morgan fingerprint density at radius 3 is 2.67 bits per heavy atom. The zero-order valence-electron chi connectivity index (χ0n) is 20.7. The van der Waals surface area contributed by atoms with Gasteiger partial charge in [0.1, 0.15) is 25.6 Å². The Morgan fingerprint density at radius 1 is 1.28 bits per heavy atom. The van der Waals surface area contributed by atoms with Crippen molar-refractivity contribution < 1.29 is 38.7 Å². The van der Waals surface area contributed by atoms with E-state index in [2.05, 4.69) is 25.6 Å². The van der Waals surface area contributed by atoms with E-state index in [1.54, 1.807) is 5.38 Å². The van der Waals surface area contributed by atoms with E-state index in [1.807, 2.05) is 30.3 Å². The number of nitrogens with one attached hydrogen (secondary N) is 2. The van der Waals surface area contributed by atoms with Gasteiger partial charge in [-0.3, -0.25) is 24.1 Å². The summed E-state index contributed by atoms with van der Waals surface area (Å²) in [5.41, 5.74) is 0.434. The van der Waals surface area contributed by atoms with Crippen molar-refractivity contribution in [1.29, 1.82) is 0 Å². The van der Waals surface area contributed by atoms with E-state index in [1.165, 1.54) is 7.11 Å². The fraction of sp³-hybridized carbons (Fsp3) is 0.292. The summed E-state index contributed by atoms with van der Waals surface area (Å²) in [5.74, 6) is -3.69. The van der Waals surface area contributed by atoms with Crippen LogP contribution < -0.4 is 10.6 Å². The Hall–Kier alpha value is -4.24. The van der Waals surface area contributed by atoms with Crippen molar-refractivity contribution in [3.05, 3.63) is 58.2 Å². The number of rotatable bonds is 10. The number of carboxylic acid groups (broad SMARTS) is 1. The standard InChI is InChI=1S/C24H23N5O8S2/c1-13(30)37-11-15-21(22(34)35)29-19(33)9-20(29)39-24(15,28-18(32)10-25-36-2)16-12-38-23(26-16)27-17(31)8-14-6-4-3-5-7-14/h3-7,10,12,20H,8-9,11H2,1-2H3,(H,28,32)(H,34,35)(H,26,27,31)/t20-,24?/m1/s1. The lowest BCUT2D eigenvalue weighted by Crippen LogP contribution is -2.61. The van der Waals surface area contributed by atoms with Gasteiger partial charge in [-0.2, -0.15) is 0 Å². The third-order valence-corrected chi connectivity index (χ3v) is 8.00. The molecule has 1 unspecified atom stereocenters. The number of fused-ring (bicyclic) bond motifs is 1. The monoisotopic (exact) mass is 573 g/mol. The van der Waals surface area contributed by atoms with Crippen LogP contribution in [0.15, 0.2) is 52.1 Å². The first-order chi connectivity index (χ1) is 18.6. The fourth-order valence-electron chi connectivity index (χ4n) is 4.04. The molecule has 3 heterocycles. The zero-order chi connectivity index (χ0) is 28.2. The Balaban J connectivity index is 1.77. The summed E-state index contributed by atoms with van der Waals surface area (Å²) >= 11 is 2.11. The number of benzene rings is 1.